The highest BCUT2D eigenvalue weighted by atomic mass is 35.5. The highest BCUT2D eigenvalue weighted by Crippen LogP contribution is 2.35. The molecule has 2 nitrogen and oxygen atoms in total. The molecule has 0 atom stereocenters. The average Bonchev–Trinajstić information content (AvgIpc) is 2.43. The molecule has 1 N–H and O–H groups in total. The van der Waals surface area contributed by atoms with Gasteiger partial charge in [-0.1, -0.05) is 11.6 Å². The highest BCUT2D eigenvalue weighted by Gasteiger charge is 2.15. The van der Waals surface area contributed by atoms with Crippen molar-refractivity contribution in [3.05, 3.63) is 33.9 Å². The number of halogens is 2. The molecular formula is C9H4ClFO2S. The first-order valence-corrected chi connectivity index (χ1v) is 4.90. The number of hydrogen-bond acceptors (Lipinski definition) is 2. The van der Waals surface area contributed by atoms with Gasteiger partial charge in [0, 0.05) is 10.1 Å². The summed E-state index contributed by atoms with van der Waals surface area (Å²) in [6, 6.07) is 4.01. The molecule has 0 fully saturated rings. The minimum absolute atomic E-state index is 0.0484. The molecule has 1 aromatic carbocycles. The maximum Gasteiger partial charge on any atom is 0.347 e. The molecule has 0 bridgehead atoms. The summed E-state index contributed by atoms with van der Waals surface area (Å²) < 4.78 is 13.3. The molecule has 0 amide bonds. The Balaban J connectivity index is 2.79. The Kier molecular flexibility index (Phi) is 2.17. The molecule has 0 radical (unpaired) electrons. The molecule has 0 aliphatic rings. The third-order valence-corrected chi connectivity index (χ3v) is 3.43. The third kappa shape index (κ3) is 1.36. The number of carboxylic acids is 1. The second-order valence-corrected chi connectivity index (χ2v) is 4.12. The van der Waals surface area contributed by atoms with E-state index in [1.807, 2.05) is 0 Å². The van der Waals surface area contributed by atoms with E-state index in [1.165, 1.54) is 18.2 Å². The van der Waals surface area contributed by atoms with E-state index < -0.39 is 11.8 Å². The number of rotatable bonds is 1. The van der Waals surface area contributed by atoms with E-state index in [4.69, 9.17) is 16.7 Å². The van der Waals surface area contributed by atoms with Crippen molar-refractivity contribution in [1.82, 2.24) is 0 Å². The van der Waals surface area contributed by atoms with Crippen molar-refractivity contribution in [2.75, 3.05) is 0 Å². The number of carbonyl (C=O) groups is 1. The molecule has 0 aliphatic heterocycles. The van der Waals surface area contributed by atoms with Crippen LogP contribution >= 0.6 is 22.9 Å². The van der Waals surface area contributed by atoms with Gasteiger partial charge in [-0.3, -0.25) is 0 Å². The van der Waals surface area contributed by atoms with E-state index in [-0.39, 0.29) is 9.90 Å². The Labute approximate surface area is 87.5 Å². The zero-order valence-corrected chi connectivity index (χ0v) is 8.32. The first-order chi connectivity index (χ1) is 6.59. The Morgan fingerprint density at radius 3 is 2.86 bits per heavy atom. The van der Waals surface area contributed by atoms with Crippen molar-refractivity contribution in [3.63, 3.8) is 0 Å². The number of hydrogen-bond donors (Lipinski definition) is 1. The van der Waals surface area contributed by atoms with Gasteiger partial charge in [0.2, 0.25) is 0 Å². The first-order valence-electron chi connectivity index (χ1n) is 3.70. The summed E-state index contributed by atoms with van der Waals surface area (Å²) in [5.41, 5.74) is 0. The van der Waals surface area contributed by atoms with Crippen LogP contribution in [0.5, 0.6) is 0 Å². The Hall–Kier alpha value is -1.13. The molecule has 14 heavy (non-hydrogen) atoms. The van der Waals surface area contributed by atoms with Crippen LogP contribution in [0, 0.1) is 5.82 Å². The lowest BCUT2D eigenvalue weighted by Gasteiger charge is -1.89. The largest absolute Gasteiger partial charge is 0.477 e. The molecular weight excluding hydrogens is 227 g/mol. The van der Waals surface area contributed by atoms with Crippen LogP contribution in [0.15, 0.2) is 18.2 Å². The minimum atomic E-state index is -1.09. The SMILES string of the molecule is O=C(O)c1sc2cc(F)ccc2c1Cl. The summed E-state index contributed by atoms with van der Waals surface area (Å²) >= 11 is 6.79. The minimum Gasteiger partial charge on any atom is -0.477 e. The Morgan fingerprint density at radius 1 is 1.50 bits per heavy atom. The highest BCUT2D eigenvalue weighted by molar-refractivity contribution is 7.21. The van der Waals surface area contributed by atoms with Crippen LogP contribution in [0.1, 0.15) is 9.67 Å². The van der Waals surface area contributed by atoms with E-state index in [0.29, 0.717) is 10.1 Å². The molecule has 1 aromatic heterocycles. The zero-order valence-electron chi connectivity index (χ0n) is 6.75. The van der Waals surface area contributed by atoms with E-state index in [1.54, 1.807) is 0 Å². The van der Waals surface area contributed by atoms with Crippen molar-refractivity contribution in [3.8, 4) is 0 Å². The lowest BCUT2D eigenvalue weighted by molar-refractivity contribution is 0.0702. The quantitative estimate of drug-likeness (QED) is 0.815. The van der Waals surface area contributed by atoms with Gasteiger partial charge < -0.3 is 5.11 Å². The predicted octanol–water partition coefficient (Wildman–Crippen LogP) is 3.39. The molecule has 0 saturated carbocycles. The summed E-state index contributed by atoms with van der Waals surface area (Å²) in [4.78, 5) is 10.8. The number of benzene rings is 1. The summed E-state index contributed by atoms with van der Waals surface area (Å²) in [7, 11) is 0. The maximum atomic E-state index is 12.8. The lowest BCUT2D eigenvalue weighted by Crippen LogP contribution is -1.91. The fourth-order valence-electron chi connectivity index (χ4n) is 1.18. The fourth-order valence-corrected chi connectivity index (χ4v) is 2.55. The van der Waals surface area contributed by atoms with Crippen LogP contribution in [-0.2, 0) is 0 Å². The normalized spacial score (nSPS) is 10.7. The fraction of sp³-hybridized carbons (Fsp3) is 0. The number of aromatic carboxylic acids is 1. The third-order valence-electron chi connectivity index (χ3n) is 1.79. The van der Waals surface area contributed by atoms with E-state index in [2.05, 4.69) is 0 Å². The Morgan fingerprint density at radius 2 is 2.21 bits per heavy atom. The van der Waals surface area contributed by atoms with Crippen molar-refractivity contribution >= 4 is 39.0 Å². The van der Waals surface area contributed by atoms with E-state index >= 15 is 0 Å². The molecule has 0 saturated heterocycles. The summed E-state index contributed by atoms with van der Waals surface area (Å²) in [5.74, 6) is -1.48. The van der Waals surface area contributed by atoms with Crippen LogP contribution in [0.3, 0.4) is 0 Å². The van der Waals surface area contributed by atoms with Crippen LogP contribution in [0.4, 0.5) is 4.39 Å². The van der Waals surface area contributed by atoms with Crippen LogP contribution in [0.2, 0.25) is 5.02 Å². The van der Waals surface area contributed by atoms with Crippen LogP contribution < -0.4 is 0 Å². The topological polar surface area (TPSA) is 37.3 Å². The van der Waals surface area contributed by atoms with Crippen molar-refractivity contribution in [2.24, 2.45) is 0 Å². The number of fused-ring (bicyclic) bond motifs is 1. The van der Waals surface area contributed by atoms with Gasteiger partial charge in [0.15, 0.2) is 0 Å². The smallest absolute Gasteiger partial charge is 0.347 e. The molecule has 2 aromatic rings. The van der Waals surface area contributed by atoms with Gasteiger partial charge in [0.05, 0.1) is 5.02 Å². The number of carboxylic acid groups (broad SMARTS) is 1. The number of thiophene rings is 1. The van der Waals surface area contributed by atoms with Gasteiger partial charge in [-0.2, -0.15) is 0 Å². The summed E-state index contributed by atoms with van der Waals surface area (Å²) in [6.07, 6.45) is 0. The van der Waals surface area contributed by atoms with Gasteiger partial charge >= 0.3 is 5.97 Å². The van der Waals surface area contributed by atoms with Gasteiger partial charge in [-0.05, 0) is 18.2 Å². The molecule has 2 rings (SSSR count). The van der Waals surface area contributed by atoms with Gasteiger partial charge in [0.25, 0.3) is 0 Å². The standard InChI is InChI=1S/C9H4ClFO2S/c10-7-5-2-1-4(11)3-6(5)14-8(7)9(12)13/h1-3H,(H,12,13). The van der Waals surface area contributed by atoms with Gasteiger partial charge in [0.1, 0.15) is 10.7 Å². The van der Waals surface area contributed by atoms with E-state index in [0.717, 1.165) is 11.3 Å². The molecule has 5 heteroatoms. The van der Waals surface area contributed by atoms with E-state index in [9.17, 15) is 9.18 Å². The van der Waals surface area contributed by atoms with Gasteiger partial charge in [-0.25, -0.2) is 9.18 Å². The van der Waals surface area contributed by atoms with Crippen molar-refractivity contribution in [2.45, 2.75) is 0 Å². The summed E-state index contributed by atoms with van der Waals surface area (Å²) in [6.45, 7) is 0. The van der Waals surface area contributed by atoms with Crippen molar-refractivity contribution < 1.29 is 14.3 Å². The molecule has 0 unspecified atom stereocenters. The first kappa shape index (κ1) is 9.43. The van der Waals surface area contributed by atoms with Crippen LogP contribution in [0.25, 0.3) is 10.1 Å². The maximum absolute atomic E-state index is 12.8. The van der Waals surface area contributed by atoms with Crippen molar-refractivity contribution in [1.29, 1.82) is 0 Å². The Bertz CT molecular complexity index is 521. The molecule has 1 heterocycles. The lowest BCUT2D eigenvalue weighted by atomic mass is 10.2. The van der Waals surface area contributed by atoms with Crippen LogP contribution in [-0.4, -0.2) is 11.1 Å². The summed E-state index contributed by atoms with van der Waals surface area (Å²) in [5, 5.41) is 9.53. The average molecular weight is 231 g/mol. The van der Waals surface area contributed by atoms with Gasteiger partial charge in [-0.15, -0.1) is 11.3 Å². The molecule has 0 aliphatic carbocycles. The molecule has 0 spiro atoms. The zero-order chi connectivity index (χ0) is 10.3. The molecule has 72 valence electrons. The second-order valence-electron chi connectivity index (χ2n) is 2.69. The predicted molar refractivity (Wildman–Crippen MR) is 53.8 cm³/mol. The second kappa shape index (κ2) is 3.22. The monoisotopic (exact) mass is 230 g/mol.